The van der Waals surface area contributed by atoms with E-state index < -0.39 is 31.5 Å². The van der Waals surface area contributed by atoms with E-state index >= 15 is 0 Å². The Morgan fingerprint density at radius 3 is 2.63 bits per heavy atom. The highest BCUT2D eigenvalue weighted by molar-refractivity contribution is 7.51. The van der Waals surface area contributed by atoms with Crippen LogP contribution in [0.15, 0.2) is 42.7 Å². The molecular formula is C35H43FN5O6PS. The van der Waals surface area contributed by atoms with Crippen LogP contribution >= 0.6 is 18.9 Å². The van der Waals surface area contributed by atoms with Crippen molar-refractivity contribution in [2.24, 2.45) is 5.92 Å². The van der Waals surface area contributed by atoms with Crippen LogP contribution in [-0.2, 0) is 14.2 Å². The Morgan fingerprint density at radius 1 is 1.12 bits per heavy atom. The van der Waals surface area contributed by atoms with Crippen LogP contribution in [0.5, 0.6) is 0 Å². The number of thiophene rings is 1. The molecule has 0 aliphatic carbocycles. The predicted octanol–water partition coefficient (Wildman–Crippen LogP) is 5.34. The van der Waals surface area contributed by atoms with Gasteiger partial charge in [0.25, 0.3) is 5.91 Å². The van der Waals surface area contributed by atoms with Crippen LogP contribution in [0.1, 0.15) is 90.9 Å². The van der Waals surface area contributed by atoms with E-state index in [-0.39, 0.29) is 29.3 Å². The molecule has 49 heavy (non-hydrogen) atoms. The molecule has 3 amide bonds. The molecule has 0 saturated carbocycles. The first kappa shape index (κ1) is 34.1. The number of amides is 3. The van der Waals surface area contributed by atoms with Gasteiger partial charge in [0, 0.05) is 66.5 Å². The normalized spacial score (nSPS) is 25.3. The minimum absolute atomic E-state index is 0.0269. The van der Waals surface area contributed by atoms with Crippen LogP contribution in [0.3, 0.4) is 0 Å². The molecule has 3 aromatic rings. The van der Waals surface area contributed by atoms with Gasteiger partial charge >= 0.3 is 7.60 Å². The van der Waals surface area contributed by atoms with Crippen molar-refractivity contribution in [1.29, 1.82) is 0 Å². The fourth-order valence-electron chi connectivity index (χ4n) is 8.07. The second-order valence-electron chi connectivity index (χ2n) is 14.0. The number of halogens is 1. The summed E-state index contributed by atoms with van der Waals surface area (Å²) in [6.45, 7) is 5.41. The van der Waals surface area contributed by atoms with Crippen molar-refractivity contribution in [2.75, 3.05) is 31.1 Å². The summed E-state index contributed by atoms with van der Waals surface area (Å²) in [5, 5.41) is 3.45. The van der Waals surface area contributed by atoms with Crippen LogP contribution in [0.2, 0.25) is 0 Å². The monoisotopic (exact) mass is 711 g/mol. The van der Waals surface area contributed by atoms with Gasteiger partial charge < -0.3 is 29.8 Å². The number of hydrogen-bond donors (Lipinski definition) is 3. The maximum Gasteiger partial charge on any atom is 0.363 e. The summed E-state index contributed by atoms with van der Waals surface area (Å²) in [5.74, 6) is -2.57. The molecule has 4 aliphatic heterocycles. The third kappa shape index (κ3) is 6.74. The lowest BCUT2D eigenvalue weighted by Crippen LogP contribution is -2.60. The standard InChI is InChI=1S/C35H43FN5O6PS/c1-2-4-21-5-8-27(38-33(42)31-17-23-16-22(6-10-30(23)49-31)32(36)48(45,46)47)34(43)41-25(15-21)7-9-29(41)35(44)40-19-24(20-40)26-18-37-12-11-28(26)39-13-3-14-39/h6,10-12,16-18,21,24-25,27,29,32H,2-5,7-9,13-15,19-20H2,1H3,(H,38,42)(H2,45,46,47)/t21-,25-,27+,29+,32-/m1/s1. The fourth-order valence-corrected chi connectivity index (χ4v) is 9.57. The molecule has 0 bridgehead atoms. The second kappa shape index (κ2) is 13.7. The van der Waals surface area contributed by atoms with Gasteiger partial charge in [0.1, 0.15) is 12.1 Å². The number of aromatic nitrogens is 1. The molecule has 0 unspecified atom stereocenters. The molecule has 14 heteroatoms. The van der Waals surface area contributed by atoms with E-state index in [1.165, 1.54) is 35.9 Å². The van der Waals surface area contributed by atoms with Gasteiger partial charge in [-0.05, 0) is 79.7 Å². The lowest BCUT2D eigenvalue weighted by molar-refractivity contribution is -0.150. The van der Waals surface area contributed by atoms with Crippen molar-refractivity contribution in [3.63, 3.8) is 0 Å². The first-order valence-corrected chi connectivity index (χ1v) is 19.8. The summed E-state index contributed by atoms with van der Waals surface area (Å²) in [5.41, 5.74) is 2.21. The predicted molar refractivity (Wildman–Crippen MR) is 185 cm³/mol. The smallest absolute Gasteiger partial charge is 0.363 e. The Kier molecular flexibility index (Phi) is 9.55. The minimum atomic E-state index is -4.98. The number of nitrogens with one attached hydrogen (secondary N) is 1. The molecule has 262 valence electrons. The number of likely N-dealkylation sites (tertiary alicyclic amines) is 1. The zero-order valence-corrected chi connectivity index (χ0v) is 29.3. The maximum absolute atomic E-state index is 14.4. The third-order valence-corrected chi connectivity index (χ3v) is 12.8. The molecule has 7 rings (SSSR count). The molecule has 0 spiro atoms. The topological polar surface area (TPSA) is 143 Å². The van der Waals surface area contributed by atoms with Gasteiger partial charge in [-0.1, -0.05) is 25.8 Å². The molecule has 4 fully saturated rings. The number of fused-ring (bicyclic) bond motifs is 2. The van der Waals surface area contributed by atoms with Crippen molar-refractivity contribution in [3.05, 3.63) is 58.7 Å². The number of alkyl halides is 1. The number of carbonyl (C=O) groups excluding carboxylic acids is 3. The number of nitrogens with zero attached hydrogens (tertiary/aromatic N) is 4. The van der Waals surface area contributed by atoms with Crippen molar-refractivity contribution in [2.45, 2.75) is 88.2 Å². The lowest BCUT2D eigenvalue weighted by atomic mass is 9.86. The number of rotatable bonds is 9. The number of anilines is 1. The first-order valence-electron chi connectivity index (χ1n) is 17.3. The van der Waals surface area contributed by atoms with E-state index in [0.717, 1.165) is 56.5 Å². The quantitative estimate of drug-likeness (QED) is 0.253. The van der Waals surface area contributed by atoms with Crippen molar-refractivity contribution in [1.82, 2.24) is 20.1 Å². The highest BCUT2D eigenvalue weighted by Gasteiger charge is 2.48. The van der Waals surface area contributed by atoms with E-state index in [2.05, 4.69) is 28.2 Å². The molecule has 2 aromatic heterocycles. The Labute approximate surface area is 289 Å². The highest BCUT2D eigenvalue weighted by Crippen LogP contribution is 2.53. The number of pyridine rings is 1. The van der Waals surface area contributed by atoms with Crippen molar-refractivity contribution in [3.8, 4) is 0 Å². The molecule has 1 aromatic carbocycles. The van der Waals surface area contributed by atoms with E-state index in [1.54, 1.807) is 11.0 Å². The van der Waals surface area contributed by atoms with Gasteiger partial charge in [0.05, 0.1) is 4.88 Å². The molecular weight excluding hydrogens is 668 g/mol. The zero-order valence-electron chi connectivity index (χ0n) is 27.5. The largest absolute Gasteiger partial charge is 0.371 e. The summed E-state index contributed by atoms with van der Waals surface area (Å²) in [6.07, 6.45) is 10.4. The summed E-state index contributed by atoms with van der Waals surface area (Å²) < 4.78 is 26.5. The molecule has 4 aliphatic rings. The maximum atomic E-state index is 14.4. The zero-order chi connectivity index (χ0) is 34.4. The Hall–Kier alpha value is -3.38. The number of hydrogen-bond acceptors (Lipinski definition) is 7. The fraction of sp³-hybridized carbons (Fsp3) is 0.543. The van der Waals surface area contributed by atoms with E-state index in [1.807, 2.05) is 17.3 Å². The third-order valence-electron chi connectivity index (χ3n) is 10.8. The van der Waals surface area contributed by atoms with Crippen LogP contribution in [-0.4, -0.2) is 86.6 Å². The highest BCUT2D eigenvalue weighted by atomic mass is 32.1. The average Bonchev–Trinajstić information content (AvgIpc) is 3.64. The van der Waals surface area contributed by atoms with Gasteiger partial charge in [-0.15, -0.1) is 11.3 Å². The van der Waals surface area contributed by atoms with Gasteiger partial charge in [0.15, 0.2) is 0 Å². The summed E-state index contributed by atoms with van der Waals surface area (Å²) in [6, 6.07) is 6.38. The van der Waals surface area contributed by atoms with E-state index in [4.69, 9.17) is 0 Å². The SMILES string of the molecule is CCC[C@@H]1CC[C@H](NC(=O)c2cc3cc([C@H](F)P(=O)(O)O)ccc3s2)C(=O)N2[C@H](CC[C@H]2C(=O)N2CC(c3cnccc3N3CCC3)C2)C1. The number of benzene rings is 1. The van der Waals surface area contributed by atoms with Gasteiger partial charge in [-0.3, -0.25) is 23.9 Å². The van der Waals surface area contributed by atoms with Crippen molar-refractivity contribution < 1.29 is 33.1 Å². The Morgan fingerprint density at radius 2 is 1.92 bits per heavy atom. The number of carbonyl (C=O) groups is 3. The second-order valence-corrected chi connectivity index (χ2v) is 16.7. The van der Waals surface area contributed by atoms with Gasteiger partial charge in [0.2, 0.25) is 17.7 Å². The molecule has 3 N–H and O–H groups in total. The van der Waals surface area contributed by atoms with E-state index in [0.29, 0.717) is 46.8 Å². The lowest BCUT2D eigenvalue weighted by Gasteiger charge is -2.45. The Bertz CT molecular complexity index is 1790. The average molecular weight is 712 g/mol. The molecule has 6 heterocycles. The molecule has 11 nitrogen and oxygen atoms in total. The van der Waals surface area contributed by atoms with Crippen LogP contribution in [0.25, 0.3) is 10.1 Å². The van der Waals surface area contributed by atoms with E-state index in [9.17, 15) is 33.1 Å². The summed E-state index contributed by atoms with van der Waals surface area (Å²) in [7, 11) is -4.98. The summed E-state index contributed by atoms with van der Waals surface area (Å²) in [4.78, 5) is 71.2. The first-order chi connectivity index (χ1) is 23.5. The summed E-state index contributed by atoms with van der Waals surface area (Å²) >= 11 is 1.16. The minimum Gasteiger partial charge on any atom is -0.371 e. The Balaban J connectivity index is 1.07. The van der Waals surface area contributed by atoms with Crippen LogP contribution in [0.4, 0.5) is 10.1 Å². The molecule has 4 saturated heterocycles. The van der Waals surface area contributed by atoms with Gasteiger partial charge in [-0.25, -0.2) is 4.39 Å². The molecule has 5 atom stereocenters. The molecule has 0 radical (unpaired) electrons. The van der Waals surface area contributed by atoms with Crippen molar-refractivity contribution >= 4 is 52.4 Å². The van der Waals surface area contributed by atoms with Crippen LogP contribution < -0.4 is 10.2 Å². The van der Waals surface area contributed by atoms with Crippen LogP contribution in [0, 0.1) is 5.92 Å². The van der Waals surface area contributed by atoms with Gasteiger partial charge in [-0.2, -0.15) is 0 Å².